The highest BCUT2D eigenvalue weighted by atomic mass is 16.7. The Morgan fingerprint density at radius 2 is 2.04 bits per heavy atom. The van der Waals surface area contributed by atoms with E-state index in [1.54, 1.807) is 0 Å². The molecule has 138 valence electrons. The van der Waals surface area contributed by atoms with Gasteiger partial charge in [-0.3, -0.25) is 14.7 Å². The molecule has 3 aromatic rings. The first-order valence-electron chi connectivity index (χ1n) is 9.26. The number of ether oxygens (including phenoxy) is 2. The molecule has 5 rings (SSSR count). The Morgan fingerprint density at radius 3 is 2.78 bits per heavy atom. The summed E-state index contributed by atoms with van der Waals surface area (Å²) < 4.78 is 10.9. The maximum atomic E-state index is 12.6. The van der Waals surface area contributed by atoms with Gasteiger partial charge in [-0.25, -0.2) is 0 Å². The van der Waals surface area contributed by atoms with Crippen LogP contribution in [-0.4, -0.2) is 28.7 Å². The predicted molar refractivity (Wildman–Crippen MR) is 102 cm³/mol. The third-order valence-corrected chi connectivity index (χ3v) is 5.37. The average Bonchev–Trinajstić information content (AvgIpc) is 3.39. The summed E-state index contributed by atoms with van der Waals surface area (Å²) >= 11 is 0. The molecule has 0 bridgehead atoms. The molecular formula is C21H21N3O3. The third kappa shape index (κ3) is 3.06. The monoisotopic (exact) mass is 363 g/mol. The lowest BCUT2D eigenvalue weighted by Crippen LogP contribution is -2.29. The number of rotatable bonds is 5. The molecule has 2 aliphatic rings. The van der Waals surface area contributed by atoms with Gasteiger partial charge < -0.3 is 14.5 Å². The number of H-pyrrole nitrogens is 1. The first-order chi connectivity index (χ1) is 13.2. The first kappa shape index (κ1) is 16.3. The summed E-state index contributed by atoms with van der Waals surface area (Å²) in [6, 6.07) is 12.0. The number of pyridine rings is 2. The highest BCUT2D eigenvalue weighted by Crippen LogP contribution is 2.43. The average molecular weight is 363 g/mol. The van der Waals surface area contributed by atoms with E-state index in [1.807, 2.05) is 36.5 Å². The van der Waals surface area contributed by atoms with Crippen LogP contribution >= 0.6 is 0 Å². The van der Waals surface area contributed by atoms with Gasteiger partial charge in [0.05, 0.1) is 17.3 Å². The van der Waals surface area contributed by atoms with Crippen molar-refractivity contribution in [1.82, 2.24) is 14.9 Å². The van der Waals surface area contributed by atoms with Crippen molar-refractivity contribution in [2.45, 2.75) is 25.4 Å². The second kappa shape index (κ2) is 6.39. The topological polar surface area (TPSA) is 67.5 Å². The van der Waals surface area contributed by atoms with Gasteiger partial charge in [-0.1, -0.05) is 6.07 Å². The highest BCUT2D eigenvalue weighted by Gasteiger charge is 2.36. The molecule has 1 aromatic carbocycles. The quantitative estimate of drug-likeness (QED) is 0.754. The summed E-state index contributed by atoms with van der Waals surface area (Å²) in [5, 5.41) is 0.947. The van der Waals surface area contributed by atoms with Crippen LogP contribution in [0, 0.1) is 5.92 Å². The lowest BCUT2D eigenvalue weighted by atomic mass is 10.1. The summed E-state index contributed by atoms with van der Waals surface area (Å²) in [4.78, 5) is 22.4. The Hall–Kier alpha value is -2.86. The minimum atomic E-state index is -0.0659. The molecule has 0 amide bonds. The first-order valence-corrected chi connectivity index (χ1v) is 9.26. The normalized spacial score (nSPS) is 16.8. The van der Waals surface area contributed by atoms with Crippen molar-refractivity contribution in [2.24, 2.45) is 5.92 Å². The van der Waals surface area contributed by atoms with Gasteiger partial charge in [0.1, 0.15) is 0 Å². The SMILES string of the molecule is CN(Cc1cc2cc3c(cc2[nH]c1=O)OCO3)[C@@H](c1ccccn1)C1CC1. The van der Waals surface area contributed by atoms with Crippen LogP contribution in [0.2, 0.25) is 0 Å². The minimum absolute atomic E-state index is 0.0659. The Kier molecular flexibility index (Phi) is 3.86. The zero-order valence-electron chi connectivity index (χ0n) is 15.1. The van der Waals surface area contributed by atoms with Gasteiger partial charge in [-0.2, -0.15) is 0 Å². The number of hydrogen-bond donors (Lipinski definition) is 1. The third-order valence-electron chi connectivity index (χ3n) is 5.37. The molecule has 0 unspecified atom stereocenters. The van der Waals surface area contributed by atoms with Crippen LogP contribution in [0.3, 0.4) is 0 Å². The van der Waals surface area contributed by atoms with E-state index in [1.165, 1.54) is 12.8 Å². The van der Waals surface area contributed by atoms with E-state index in [0.29, 0.717) is 18.2 Å². The van der Waals surface area contributed by atoms with Crippen LogP contribution in [0.4, 0.5) is 0 Å². The number of hydrogen-bond acceptors (Lipinski definition) is 5. The number of aromatic nitrogens is 2. The van der Waals surface area contributed by atoms with Crippen LogP contribution in [0.5, 0.6) is 11.5 Å². The van der Waals surface area contributed by atoms with Crippen molar-refractivity contribution < 1.29 is 9.47 Å². The molecule has 27 heavy (non-hydrogen) atoms. The highest BCUT2D eigenvalue weighted by molar-refractivity contribution is 5.83. The van der Waals surface area contributed by atoms with E-state index in [-0.39, 0.29) is 18.4 Å². The molecule has 1 aliphatic heterocycles. The van der Waals surface area contributed by atoms with E-state index in [0.717, 1.165) is 27.9 Å². The second-order valence-electron chi connectivity index (χ2n) is 7.37. The zero-order chi connectivity index (χ0) is 18.4. The van der Waals surface area contributed by atoms with E-state index in [4.69, 9.17) is 9.47 Å². The molecule has 1 N–H and O–H groups in total. The van der Waals surface area contributed by atoms with Crippen molar-refractivity contribution in [1.29, 1.82) is 0 Å². The molecule has 1 saturated carbocycles. The van der Waals surface area contributed by atoms with Gasteiger partial charge in [0.2, 0.25) is 6.79 Å². The summed E-state index contributed by atoms with van der Waals surface area (Å²) in [6.07, 6.45) is 4.26. The van der Waals surface area contributed by atoms with Crippen molar-refractivity contribution >= 4 is 10.9 Å². The summed E-state index contributed by atoms with van der Waals surface area (Å²) in [5.74, 6) is 2.00. The summed E-state index contributed by atoms with van der Waals surface area (Å²) in [7, 11) is 2.07. The standard InChI is InChI=1S/C21H21N3O3/c1-24(20(13-5-6-13)16-4-2-3-7-22-16)11-15-8-14-9-18-19(27-12-26-18)10-17(14)23-21(15)25/h2-4,7-10,13,20H,5-6,11-12H2,1H3,(H,23,25)/t20-/m1/s1. The Morgan fingerprint density at radius 1 is 1.22 bits per heavy atom. The van der Waals surface area contributed by atoms with Crippen molar-refractivity contribution in [2.75, 3.05) is 13.8 Å². The van der Waals surface area contributed by atoms with Crippen LogP contribution in [0.1, 0.15) is 30.1 Å². The van der Waals surface area contributed by atoms with E-state index in [9.17, 15) is 4.79 Å². The molecule has 0 radical (unpaired) electrons. The van der Waals surface area contributed by atoms with Crippen molar-refractivity contribution in [3.63, 3.8) is 0 Å². The van der Waals surface area contributed by atoms with Crippen LogP contribution in [0.25, 0.3) is 10.9 Å². The second-order valence-corrected chi connectivity index (χ2v) is 7.37. The number of nitrogens with zero attached hydrogens (tertiary/aromatic N) is 2. The van der Waals surface area contributed by atoms with Crippen molar-refractivity contribution in [3.8, 4) is 11.5 Å². The fraction of sp³-hybridized carbons (Fsp3) is 0.333. The molecule has 3 heterocycles. The van der Waals surface area contributed by atoms with Crippen molar-refractivity contribution in [3.05, 3.63) is 64.2 Å². The molecular weight excluding hydrogens is 342 g/mol. The molecule has 6 nitrogen and oxygen atoms in total. The van der Waals surface area contributed by atoms with Gasteiger partial charge in [0.15, 0.2) is 11.5 Å². The van der Waals surface area contributed by atoms with Gasteiger partial charge in [0.25, 0.3) is 5.56 Å². The van der Waals surface area contributed by atoms with Gasteiger partial charge in [-0.15, -0.1) is 0 Å². The largest absolute Gasteiger partial charge is 0.454 e. The Labute approximate surface area is 156 Å². The smallest absolute Gasteiger partial charge is 0.252 e. The van der Waals surface area contributed by atoms with E-state index >= 15 is 0 Å². The number of benzene rings is 1. The number of aromatic amines is 1. The molecule has 1 aliphatic carbocycles. The van der Waals surface area contributed by atoms with E-state index in [2.05, 4.69) is 28.0 Å². The van der Waals surface area contributed by atoms with Crippen LogP contribution in [0.15, 0.2) is 47.4 Å². The van der Waals surface area contributed by atoms with Crippen LogP contribution in [-0.2, 0) is 6.54 Å². The van der Waals surface area contributed by atoms with Gasteiger partial charge in [0, 0.05) is 29.8 Å². The maximum Gasteiger partial charge on any atom is 0.252 e. The Bertz CT molecular complexity index is 1040. The van der Waals surface area contributed by atoms with Gasteiger partial charge >= 0.3 is 0 Å². The Balaban J connectivity index is 1.47. The lowest BCUT2D eigenvalue weighted by Gasteiger charge is -2.27. The fourth-order valence-corrected chi connectivity index (χ4v) is 3.92. The molecule has 1 fully saturated rings. The number of nitrogens with one attached hydrogen (secondary N) is 1. The maximum absolute atomic E-state index is 12.6. The van der Waals surface area contributed by atoms with Gasteiger partial charge in [-0.05, 0) is 50.1 Å². The molecule has 0 spiro atoms. The lowest BCUT2D eigenvalue weighted by molar-refractivity contribution is 0.174. The molecule has 6 heteroatoms. The van der Waals surface area contributed by atoms with E-state index < -0.39 is 0 Å². The zero-order valence-corrected chi connectivity index (χ0v) is 15.1. The predicted octanol–water partition coefficient (Wildman–Crippen LogP) is 3.23. The molecule has 0 saturated heterocycles. The number of fused-ring (bicyclic) bond motifs is 2. The molecule has 1 atom stereocenters. The summed E-state index contributed by atoms with van der Waals surface area (Å²) in [6.45, 7) is 0.788. The molecule has 2 aromatic heterocycles. The minimum Gasteiger partial charge on any atom is -0.454 e. The van der Waals surface area contributed by atoms with Crippen LogP contribution < -0.4 is 15.0 Å². The fourth-order valence-electron chi connectivity index (χ4n) is 3.92. The summed E-state index contributed by atoms with van der Waals surface area (Å²) in [5.41, 5.74) is 2.51.